The van der Waals surface area contributed by atoms with Gasteiger partial charge in [0.15, 0.2) is 0 Å². The number of anilines is 3. The lowest BCUT2D eigenvalue weighted by molar-refractivity contribution is 0.0601. The molecule has 0 saturated heterocycles. The van der Waals surface area contributed by atoms with E-state index in [1.807, 2.05) is 6.07 Å². The Morgan fingerprint density at radius 1 is 1.19 bits per heavy atom. The molecule has 3 N–H and O–H groups in total. The monoisotopic (exact) mass is 298 g/mol. The summed E-state index contributed by atoms with van der Waals surface area (Å²) in [6.45, 7) is 0. The summed E-state index contributed by atoms with van der Waals surface area (Å²) in [5, 5.41) is 6.48. The fourth-order valence-electron chi connectivity index (χ4n) is 2.11. The minimum absolute atomic E-state index is 0.383. The second-order valence-corrected chi connectivity index (χ2v) is 5.54. The van der Waals surface area contributed by atoms with Gasteiger partial charge in [-0.3, -0.25) is 0 Å². The Bertz CT molecular complexity index is 811. The highest BCUT2D eigenvalue weighted by atomic mass is 32.1. The molecule has 0 amide bonds. The molecule has 1 heterocycles. The van der Waals surface area contributed by atoms with Gasteiger partial charge in [-0.15, -0.1) is 11.3 Å². The van der Waals surface area contributed by atoms with Gasteiger partial charge in [0.2, 0.25) is 0 Å². The van der Waals surface area contributed by atoms with Crippen molar-refractivity contribution in [3.8, 4) is 0 Å². The van der Waals surface area contributed by atoms with Crippen molar-refractivity contribution in [3.05, 3.63) is 53.4 Å². The summed E-state index contributed by atoms with van der Waals surface area (Å²) < 4.78 is 5.96. The van der Waals surface area contributed by atoms with Crippen LogP contribution in [0.25, 0.3) is 10.1 Å². The van der Waals surface area contributed by atoms with Crippen LogP contribution in [0.1, 0.15) is 10.4 Å². The second kappa shape index (κ2) is 5.46. The molecule has 4 nitrogen and oxygen atoms in total. The van der Waals surface area contributed by atoms with E-state index in [9.17, 15) is 4.79 Å². The number of nitrogens with one attached hydrogen (secondary N) is 1. The van der Waals surface area contributed by atoms with Crippen molar-refractivity contribution in [2.24, 2.45) is 0 Å². The first kappa shape index (κ1) is 13.5. The van der Waals surface area contributed by atoms with Crippen molar-refractivity contribution >= 4 is 44.5 Å². The summed E-state index contributed by atoms with van der Waals surface area (Å²) in [4.78, 5) is 11.6. The predicted octanol–water partition coefficient (Wildman–Crippen LogP) is 4.01. The summed E-state index contributed by atoms with van der Waals surface area (Å²) >= 11 is 1.70. The molecule has 0 aliphatic carbocycles. The Morgan fingerprint density at radius 2 is 2.05 bits per heavy atom. The van der Waals surface area contributed by atoms with Crippen LogP contribution in [0, 0.1) is 0 Å². The van der Waals surface area contributed by atoms with Gasteiger partial charge in [-0.05, 0) is 53.2 Å². The lowest BCUT2D eigenvalue weighted by Crippen LogP contribution is -2.04. The number of esters is 1. The number of nitrogen functional groups attached to an aromatic ring is 1. The molecule has 1 aromatic heterocycles. The average molecular weight is 298 g/mol. The van der Waals surface area contributed by atoms with Crippen LogP contribution in [-0.4, -0.2) is 13.1 Å². The highest BCUT2D eigenvalue weighted by Gasteiger charge is 2.09. The first-order valence-corrected chi connectivity index (χ1v) is 7.27. The van der Waals surface area contributed by atoms with Gasteiger partial charge < -0.3 is 15.8 Å². The van der Waals surface area contributed by atoms with E-state index in [1.54, 1.807) is 29.5 Å². The zero-order chi connectivity index (χ0) is 14.8. The number of nitrogens with two attached hydrogens (primary N) is 1. The molecule has 21 heavy (non-hydrogen) atoms. The van der Waals surface area contributed by atoms with Gasteiger partial charge in [0.1, 0.15) is 0 Å². The van der Waals surface area contributed by atoms with E-state index in [0.29, 0.717) is 16.9 Å². The van der Waals surface area contributed by atoms with Crippen LogP contribution in [0.5, 0.6) is 0 Å². The Balaban J connectivity index is 1.94. The van der Waals surface area contributed by atoms with Crippen LogP contribution < -0.4 is 11.1 Å². The number of hydrogen-bond acceptors (Lipinski definition) is 5. The Kier molecular flexibility index (Phi) is 3.50. The first-order chi connectivity index (χ1) is 10.2. The van der Waals surface area contributed by atoms with E-state index < -0.39 is 0 Å². The Hall–Kier alpha value is -2.53. The number of carbonyl (C=O) groups excluding carboxylic acids is 1. The van der Waals surface area contributed by atoms with Crippen LogP contribution in [-0.2, 0) is 4.74 Å². The van der Waals surface area contributed by atoms with Crippen LogP contribution in [0.2, 0.25) is 0 Å². The van der Waals surface area contributed by atoms with Crippen LogP contribution in [0.4, 0.5) is 17.1 Å². The van der Waals surface area contributed by atoms with E-state index in [1.165, 1.54) is 17.2 Å². The third-order valence-corrected chi connectivity index (χ3v) is 4.10. The molecular weight excluding hydrogens is 284 g/mol. The molecule has 0 atom stereocenters. The number of benzene rings is 2. The maximum Gasteiger partial charge on any atom is 0.337 e. The molecule has 5 heteroatoms. The molecule has 0 aliphatic rings. The number of ether oxygens (including phenoxy) is 1. The molecule has 0 radical (unpaired) electrons. The topological polar surface area (TPSA) is 64.3 Å². The van der Waals surface area contributed by atoms with E-state index in [2.05, 4.69) is 28.9 Å². The Labute approximate surface area is 126 Å². The molecule has 0 spiro atoms. The van der Waals surface area contributed by atoms with Crippen molar-refractivity contribution in [1.29, 1.82) is 0 Å². The van der Waals surface area contributed by atoms with E-state index in [0.717, 1.165) is 5.69 Å². The number of fused-ring (bicyclic) bond motifs is 1. The molecule has 3 aromatic rings. The highest BCUT2D eigenvalue weighted by molar-refractivity contribution is 7.17. The SMILES string of the molecule is COC(=O)c1ccc(N)c(Nc2ccc3sccc3c2)c1. The van der Waals surface area contributed by atoms with Gasteiger partial charge in [-0.1, -0.05) is 0 Å². The van der Waals surface area contributed by atoms with Crippen molar-refractivity contribution in [2.75, 3.05) is 18.2 Å². The van der Waals surface area contributed by atoms with Gasteiger partial charge in [-0.25, -0.2) is 4.79 Å². The zero-order valence-electron chi connectivity index (χ0n) is 11.4. The zero-order valence-corrected chi connectivity index (χ0v) is 12.2. The number of rotatable bonds is 3. The summed E-state index contributed by atoms with van der Waals surface area (Å²) in [6, 6.07) is 13.2. The molecular formula is C16H14N2O2S. The molecule has 0 unspecified atom stereocenters. The summed E-state index contributed by atoms with van der Waals surface area (Å²) in [7, 11) is 1.36. The Morgan fingerprint density at radius 3 is 2.86 bits per heavy atom. The van der Waals surface area contributed by atoms with Crippen molar-refractivity contribution < 1.29 is 9.53 Å². The third-order valence-electron chi connectivity index (χ3n) is 3.21. The van der Waals surface area contributed by atoms with Gasteiger partial charge >= 0.3 is 5.97 Å². The van der Waals surface area contributed by atoms with Crippen LogP contribution in [0.15, 0.2) is 47.8 Å². The molecule has 106 valence electrons. The maximum absolute atomic E-state index is 11.6. The fourth-order valence-corrected chi connectivity index (χ4v) is 2.88. The van der Waals surface area contributed by atoms with Crippen LogP contribution in [0.3, 0.4) is 0 Å². The standard InChI is InChI=1S/C16H14N2O2S/c1-20-16(19)11-2-4-13(17)14(9-11)18-12-3-5-15-10(8-12)6-7-21-15/h2-9,18H,17H2,1H3. The smallest absolute Gasteiger partial charge is 0.337 e. The summed E-state index contributed by atoms with van der Waals surface area (Å²) in [5.41, 5.74) is 8.61. The molecule has 0 aliphatic heterocycles. The maximum atomic E-state index is 11.6. The molecule has 2 aromatic carbocycles. The third kappa shape index (κ3) is 2.68. The molecule has 3 rings (SSSR count). The van der Waals surface area contributed by atoms with E-state index in [-0.39, 0.29) is 5.97 Å². The normalized spacial score (nSPS) is 10.5. The molecule has 0 saturated carbocycles. The van der Waals surface area contributed by atoms with E-state index >= 15 is 0 Å². The fraction of sp³-hybridized carbons (Fsp3) is 0.0625. The largest absolute Gasteiger partial charge is 0.465 e. The quantitative estimate of drug-likeness (QED) is 0.566. The minimum Gasteiger partial charge on any atom is -0.465 e. The second-order valence-electron chi connectivity index (χ2n) is 4.59. The highest BCUT2D eigenvalue weighted by Crippen LogP contribution is 2.28. The van der Waals surface area contributed by atoms with Crippen molar-refractivity contribution in [3.63, 3.8) is 0 Å². The summed E-state index contributed by atoms with van der Waals surface area (Å²) in [6.07, 6.45) is 0. The van der Waals surface area contributed by atoms with Crippen LogP contribution >= 0.6 is 11.3 Å². The lowest BCUT2D eigenvalue weighted by Gasteiger charge is -2.11. The summed E-state index contributed by atoms with van der Waals surface area (Å²) in [5.74, 6) is -0.383. The number of thiophene rings is 1. The number of methoxy groups -OCH3 is 1. The van der Waals surface area contributed by atoms with E-state index in [4.69, 9.17) is 10.5 Å². The van der Waals surface area contributed by atoms with Gasteiger partial charge in [0, 0.05) is 10.4 Å². The number of carbonyl (C=O) groups is 1. The molecule has 0 fully saturated rings. The predicted molar refractivity (Wildman–Crippen MR) is 87.3 cm³/mol. The minimum atomic E-state index is -0.383. The van der Waals surface area contributed by atoms with Gasteiger partial charge in [-0.2, -0.15) is 0 Å². The first-order valence-electron chi connectivity index (χ1n) is 6.39. The molecule has 0 bridgehead atoms. The lowest BCUT2D eigenvalue weighted by atomic mass is 10.1. The van der Waals surface area contributed by atoms with Gasteiger partial charge in [0.05, 0.1) is 24.0 Å². The van der Waals surface area contributed by atoms with Gasteiger partial charge in [0.25, 0.3) is 0 Å². The van der Waals surface area contributed by atoms with Crippen molar-refractivity contribution in [2.45, 2.75) is 0 Å². The number of hydrogen-bond donors (Lipinski definition) is 2. The average Bonchev–Trinajstić information content (AvgIpc) is 2.96. The van der Waals surface area contributed by atoms with Crippen molar-refractivity contribution in [1.82, 2.24) is 0 Å².